The quantitative estimate of drug-likeness (QED) is 0.759. The van der Waals surface area contributed by atoms with E-state index in [-0.39, 0.29) is 24.2 Å². The van der Waals surface area contributed by atoms with Crippen LogP contribution in [0, 0.1) is 30.6 Å². The first-order chi connectivity index (χ1) is 13.0. The Labute approximate surface area is 161 Å². The second-order valence-corrected chi connectivity index (χ2v) is 9.63. The summed E-state index contributed by atoms with van der Waals surface area (Å²) >= 11 is 0. The van der Waals surface area contributed by atoms with Crippen LogP contribution in [0.2, 0.25) is 0 Å². The van der Waals surface area contributed by atoms with E-state index < -0.39 is 0 Å². The third-order valence-corrected chi connectivity index (χ3v) is 7.80. The number of carbonyl (C=O) groups excluding carboxylic acids is 2. The van der Waals surface area contributed by atoms with Gasteiger partial charge in [0, 0.05) is 18.7 Å². The van der Waals surface area contributed by atoms with Gasteiger partial charge < -0.3 is 9.64 Å². The second kappa shape index (κ2) is 6.08. The highest BCUT2D eigenvalue weighted by molar-refractivity contribution is 6.00. The number of esters is 1. The molecule has 4 heteroatoms. The number of anilines is 1. The van der Waals surface area contributed by atoms with Gasteiger partial charge in [-0.05, 0) is 85.8 Å². The zero-order chi connectivity index (χ0) is 18.8. The van der Waals surface area contributed by atoms with E-state index in [2.05, 4.69) is 25.1 Å². The molecule has 5 fully saturated rings. The SMILES string of the molecule is COC(=O)[C@@H]1CC(=O)N(c2ccc(C34CC5CC(CC(C5)C3)C4)cc2C)C1. The topological polar surface area (TPSA) is 46.6 Å². The molecule has 0 N–H and O–H groups in total. The van der Waals surface area contributed by atoms with Crippen LogP contribution >= 0.6 is 0 Å². The van der Waals surface area contributed by atoms with E-state index in [1.165, 1.54) is 51.2 Å². The van der Waals surface area contributed by atoms with Gasteiger partial charge in [0.1, 0.15) is 0 Å². The molecule has 1 amide bonds. The number of benzene rings is 1. The van der Waals surface area contributed by atoms with Gasteiger partial charge in [-0.1, -0.05) is 12.1 Å². The van der Waals surface area contributed by atoms with Crippen LogP contribution in [0.25, 0.3) is 0 Å². The molecule has 4 saturated carbocycles. The minimum absolute atomic E-state index is 0.0241. The Balaban J connectivity index is 1.42. The Morgan fingerprint density at radius 1 is 1.11 bits per heavy atom. The zero-order valence-corrected chi connectivity index (χ0v) is 16.4. The minimum Gasteiger partial charge on any atom is -0.469 e. The van der Waals surface area contributed by atoms with Crippen molar-refractivity contribution in [3.8, 4) is 0 Å². The molecule has 144 valence electrons. The monoisotopic (exact) mass is 367 g/mol. The highest BCUT2D eigenvalue weighted by Gasteiger charge is 2.51. The fourth-order valence-corrected chi connectivity index (χ4v) is 7.02. The van der Waals surface area contributed by atoms with Crippen molar-refractivity contribution in [1.29, 1.82) is 0 Å². The predicted octanol–water partition coefficient (Wildman–Crippen LogP) is 3.99. The van der Waals surface area contributed by atoms with Crippen LogP contribution in [0.4, 0.5) is 5.69 Å². The van der Waals surface area contributed by atoms with Gasteiger partial charge in [-0.25, -0.2) is 0 Å². The molecule has 0 unspecified atom stereocenters. The first-order valence-corrected chi connectivity index (χ1v) is 10.5. The molecule has 1 aliphatic heterocycles. The number of aryl methyl sites for hydroxylation is 1. The minimum atomic E-state index is -0.343. The number of hydrogen-bond acceptors (Lipinski definition) is 3. The molecule has 1 atom stereocenters. The van der Waals surface area contributed by atoms with E-state index in [1.54, 1.807) is 4.90 Å². The van der Waals surface area contributed by atoms with Crippen molar-refractivity contribution in [3.05, 3.63) is 29.3 Å². The van der Waals surface area contributed by atoms with E-state index in [9.17, 15) is 9.59 Å². The summed E-state index contributed by atoms with van der Waals surface area (Å²) in [5, 5.41) is 0. The lowest BCUT2D eigenvalue weighted by molar-refractivity contribution is -0.145. The molecule has 0 radical (unpaired) electrons. The van der Waals surface area contributed by atoms with Gasteiger partial charge >= 0.3 is 5.97 Å². The fraction of sp³-hybridized carbons (Fsp3) is 0.652. The number of nitrogens with zero attached hydrogens (tertiary/aromatic N) is 1. The first kappa shape index (κ1) is 17.3. The maximum absolute atomic E-state index is 12.5. The Morgan fingerprint density at radius 3 is 2.30 bits per heavy atom. The smallest absolute Gasteiger partial charge is 0.311 e. The van der Waals surface area contributed by atoms with Gasteiger partial charge in [-0.3, -0.25) is 9.59 Å². The molecule has 6 rings (SSSR count). The highest BCUT2D eigenvalue weighted by atomic mass is 16.5. The van der Waals surface area contributed by atoms with Gasteiger partial charge in [0.05, 0.1) is 13.0 Å². The summed E-state index contributed by atoms with van der Waals surface area (Å²) in [6.07, 6.45) is 8.66. The Kier molecular flexibility index (Phi) is 3.89. The summed E-state index contributed by atoms with van der Waals surface area (Å²) in [6, 6.07) is 6.73. The van der Waals surface area contributed by atoms with Crippen molar-refractivity contribution in [1.82, 2.24) is 0 Å². The van der Waals surface area contributed by atoms with Crippen LogP contribution < -0.4 is 4.90 Å². The second-order valence-electron chi connectivity index (χ2n) is 9.63. The molecule has 1 saturated heterocycles. The number of methoxy groups -OCH3 is 1. The van der Waals surface area contributed by atoms with Crippen LogP contribution in [0.15, 0.2) is 18.2 Å². The average molecular weight is 367 g/mol. The standard InChI is InChI=1S/C23H29NO3/c1-14-5-19(23-10-15-6-16(11-23)8-17(7-15)12-23)3-4-20(14)24-13-18(9-21(24)25)22(26)27-2/h3-5,15-18H,6-13H2,1-2H3/t15?,16?,17?,18-,23?/m1/s1. The number of rotatable bonds is 3. The van der Waals surface area contributed by atoms with E-state index in [0.717, 1.165) is 29.0 Å². The fourth-order valence-electron chi connectivity index (χ4n) is 7.02. The Bertz CT molecular complexity index is 764. The molecule has 4 aliphatic carbocycles. The van der Waals surface area contributed by atoms with Crippen molar-refractivity contribution < 1.29 is 14.3 Å². The summed E-state index contributed by atoms with van der Waals surface area (Å²) < 4.78 is 4.84. The molecule has 27 heavy (non-hydrogen) atoms. The molecule has 4 bridgehead atoms. The molecule has 4 nitrogen and oxygen atoms in total. The van der Waals surface area contributed by atoms with Crippen LogP contribution in [0.3, 0.4) is 0 Å². The lowest BCUT2D eigenvalue weighted by Crippen LogP contribution is -2.48. The molecule has 1 aromatic carbocycles. The van der Waals surface area contributed by atoms with Crippen LogP contribution in [0.1, 0.15) is 56.1 Å². The lowest BCUT2D eigenvalue weighted by atomic mass is 9.48. The van der Waals surface area contributed by atoms with E-state index in [4.69, 9.17) is 4.74 Å². The number of carbonyl (C=O) groups is 2. The van der Waals surface area contributed by atoms with E-state index in [0.29, 0.717) is 12.0 Å². The average Bonchev–Trinajstić information content (AvgIpc) is 3.01. The van der Waals surface area contributed by atoms with Crippen LogP contribution in [-0.4, -0.2) is 25.5 Å². The molecule has 1 aromatic rings. The molecule has 0 aromatic heterocycles. The highest BCUT2D eigenvalue weighted by Crippen LogP contribution is 2.60. The Hall–Kier alpha value is -1.84. The number of ether oxygens (including phenoxy) is 1. The molecular formula is C23H29NO3. The molecule has 0 spiro atoms. The van der Waals surface area contributed by atoms with E-state index in [1.807, 2.05) is 0 Å². The van der Waals surface area contributed by atoms with Crippen molar-refractivity contribution >= 4 is 17.6 Å². The summed E-state index contributed by atoms with van der Waals surface area (Å²) in [4.78, 5) is 26.1. The number of amides is 1. The molecule has 1 heterocycles. The third-order valence-electron chi connectivity index (χ3n) is 7.80. The largest absolute Gasteiger partial charge is 0.469 e. The summed E-state index contributed by atoms with van der Waals surface area (Å²) in [5.41, 5.74) is 3.97. The summed E-state index contributed by atoms with van der Waals surface area (Å²) in [5.74, 6) is 2.18. The van der Waals surface area contributed by atoms with Crippen LogP contribution in [-0.2, 0) is 19.7 Å². The van der Waals surface area contributed by atoms with Crippen LogP contribution in [0.5, 0.6) is 0 Å². The zero-order valence-electron chi connectivity index (χ0n) is 16.4. The van der Waals surface area contributed by atoms with Gasteiger partial charge in [0.25, 0.3) is 0 Å². The predicted molar refractivity (Wildman–Crippen MR) is 104 cm³/mol. The summed E-state index contributed by atoms with van der Waals surface area (Å²) in [7, 11) is 1.39. The maximum Gasteiger partial charge on any atom is 0.311 e. The maximum atomic E-state index is 12.5. The van der Waals surface area contributed by atoms with Crippen molar-refractivity contribution in [2.24, 2.45) is 23.7 Å². The first-order valence-electron chi connectivity index (χ1n) is 10.5. The Morgan fingerprint density at radius 2 is 1.74 bits per heavy atom. The normalized spacial score (nSPS) is 37.1. The molecule has 5 aliphatic rings. The number of hydrogen-bond donors (Lipinski definition) is 0. The summed E-state index contributed by atoms with van der Waals surface area (Å²) in [6.45, 7) is 2.54. The van der Waals surface area contributed by atoms with Crippen molar-refractivity contribution in [2.75, 3.05) is 18.6 Å². The van der Waals surface area contributed by atoms with Crippen molar-refractivity contribution in [2.45, 2.75) is 57.3 Å². The third kappa shape index (κ3) is 2.71. The molecular weight excluding hydrogens is 338 g/mol. The lowest BCUT2D eigenvalue weighted by Gasteiger charge is -2.57. The van der Waals surface area contributed by atoms with Gasteiger partial charge in [0.15, 0.2) is 0 Å². The van der Waals surface area contributed by atoms with E-state index >= 15 is 0 Å². The van der Waals surface area contributed by atoms with Gasteiger partial charge in [0.2, 0.25) is 5.91 Å². The van der Waals surface area contributed by atoms with Gasteiger partial charge in [-0.15, -0.1) is 0 Å². The van der Waals surface area contributed by atoms with Crippen molar-refractivity contribution in [3.63, 3.8) is 0 Å². The van der Waals surface area contributed by atoms with Gasteiger partial charge in [-0.2, -0.15) is 0 Å².